The summed E-state index contributed by atoms with van der Waals surface area (Å²) in [6.07, 6.45) is 0. The number of rotatable bonds is 6. The van der Waals surface area contributed by atoms with E-state index >= 15 is 0 Å². The Balaban J connectivity index is 2.45. The Morgan fingerprint density at radius 3 is 2.74 bits per heavy atom. The first-order valence-electron chi connectivity index (χ1n) is 5.85. The van der Waals surface area contributed by atoms with E-state index in [4.69, 9.17) is 16.7 Å². The fourth-order valence-electron chi connectivity index (χ4n) is 1.62. The van der Waals surface area contributed by atoms with Gasteiger partial charge in [0, 0.05) is 17.3 Å². The van der Waals surface area contributed by atoms with Gasteiger partial charge in [-0.1, -0.05) is 24.6 Å². The molecule has 1 amide bonds. The van der Waals surface area contributed by atoms with Crippen molar-refractivity contribution >= 4 is 29.2 Å². The average molecular weight is 285 g/mol. The third-order valence-electron chi connectivity index (χ3n) is 2.53. The summed E-state index contributed by atoms with van der Waals surface area (Å²) in [6, 6.07) is 6.86. The molecule has 0 aliphatic rings. The lowest BCUT2D eigenvalue weighted by Gasteiger charge is -2.18. The van der Waals surface area contributed by atoms with E-state index in [0.29, 0.717) is 17.3 Å². The van der Waals surface area contributed by atoms with Crippen LogP contribution in [0.1, 0.15) is 6.92 Å². The minimum Gasteiger partial charge on any atom is -0.481 e. The summed E-state index contributed by atoms with van der Waals surface area (Å²) in [6.45, 7) is 2.05. The van der Waals surface area contributed by atoms with Gasteiger partial charge in [-0.2, -0.15) is 0 Å². The largest absolute Gasteiger partial charge is 0.481 e. The van der Waals surface area contributed by atoms with Gasteiger partial charge in [0.15, 0.2) is 0 Å². The monoisotopic (exact) mass is 284 g/mol. The Labute approximate surface area is 117 Å². The molecule has 6 heteroatoms. The molecule has 104 valence electrons. The first-order valence-corrected chi connectivity index (χ1v) is 6.23. The quantitative estimate of drug-likeness (QED) is 0.837. The van der Waals surface area contributed by atoms with E-state index < -0.39 is 11.9 Å². The second-order valence-corrected chi connectivity index (χ2v) is 4.93. The number of nitrogens with zero attached hydrogens (tertiary/aromatic N) is 1. The molecule has 0 saturated carbocycles. The van der Waals surface area contributed by atoms with Crippen LogP contribution in [0, 0.1) is 5.92 Å². The summed E-state index contributed by atoms with van der Waals surface area (Å²) in [4.78, 5) is 24.1. The number of carboxylic acid groups (broad SMARTS) is 1. The molecule has 0 aliphatic carbocycles. The van der Waals surface area contributed by atoms with Crippen molar-refractivity contribution < 1.29 is 14.7 Å². The number of hydrogen-bond donors (Lipinski definition) is 2. The molecule has 0 aromatic heterocycles. The van der Waals surface area contributed by atoms with Gasteiger partial charge in [-0.25, -0.2) is 0 Å². The van der Waals surface area contributed by atoms with Crippen LogP contribution in [0.3, 0.4) is 0 Å². The number of carbonyl (C=O) groups is 2. The summed E-state index contributed by atoms with van der Waals surface area (Å²) in [5, 5.41) is 12.0. The van der Waals surface area contributed by atoms with Crippen molar-refractivity contribution in [1.82, 2.24) is 4.90 Å². The van der Waals surface area contributed by atoms with Gasteiger partial charge >= 0.3 is 5.97 Å². The summed E-state index contributed by atoms with van der Waals surface area (Å²) >= 11 is 5.81. The predicted molar refractivity (Wildman–Crippen MR) is 74.4 cm³/mol. The third kappa shape index (κ3) is 5.72. The van der Waals surface area contributed by atoms with Crippen LogP contribution in [0.4, 0.5) is 5.69 Å². The molecule has 2 N–H and O–H groups in total. The van der Waals surface area contributed by atoms with Crippen LogP contribution in [0.5, 0.6) is 0 Å². The number of carbonyl (C=O) groups excluding carboxylic acids is 1. The number of benzene rings is 1. The second-order valence-electron chi connectivity index (χ2n) is 4.49. The fraction of sp³-hybridized carbons (Fsp3) is 0.385. The minimum absolute atomic E-state index is 0.129. The molecule has 5 nitrogen and oxygen atoms in total. The Bertz CT molecular complexity index is 465. The number of anilines is 1. The van der Waals surface area contributed by atoms with Crippen LogP contribution in [-0.4, -0.2) is 42.0 Å². The van der Waals surface area contributed by atoms with Gasteiger partial charge in [0.2, 0.25) is 5.91 Å². The number of nitrogens with one attached hydrogen (secondary N) is 1. The molecule has 0 aliphatic heterocycles. The zero-order chi connectivity index (χ0) is 14.4. The molecule has 0 saturated heterocycles. The predicted octanol–water partition coefficient (Wildman–Crippen LogP) is 1.93. The molecule has 1 aromatic rings. The Morgan fingerprint density at radius 1 is 1.47 bits per heavy atom. The van der Waals surface area contributed by atoms with E-state index in [0.717, 1.165) is 0 Å². The first-order chi connectivity index (χ1) is 8.88. The number of carboxylic acids is 1. The number of likely N-dealkylation sites (N-methyl/N-ethyl adjacent to an activating group) is 1. The van der Waals surface area contributed by atoms with Crippen molar-refractivity contribution in [2.24, 2.45) is 5.92 Å². The van der Waals surface area contributed by atoms with Gasteiger partial charge in [0.1, 0.15) is 0 Å². The van der Waals surface area contributed by atoms with E-state index in [1.54, 1.807) is 43.1 Å². The third-order valence-corrected chi connectivity index (χ3v) is 2.76. The average Bonchev–Trinajstić information content (AvgIpc) is 2.27. The number of hydrogen-bond acceptors (Lipinski definition) is 3. The van der Waals surface area contributed by atoms with Crippen molar-refractivity contribution in [2.75, 3.05) is 25.5 Å². The lowest BCUT2D eigenvalue weighted by molar-refractivity contribution is -0.141. The highest BCUT2D eigenvalue weighted by molar-refractivity contribution is 6.30. The molecule has 0 fully saturated rings. The van der Waals surface area contributed by atoms with Crippen molar-refractivity contribution in [1.29, 1.82) is 0 Å². The number of aliphatic carboxylic acids is 1. The van der Waals surface area contributed by atoms with Crippen molar-refractivity contribution in [3.8, 4) is 0 Å². The highest BCUT2D eigenvalue weighted by Crippen LogP contribution is 2.14. The van der Waals surface area contributed by atoms with E-state index in [1.165, 1.54) is 0 Å². The first kappa shape index (κ1) is 15.5. The van der Waals surface area contributed by atoms with E-state index in [-0.39, 0.29) is 12.5 Å². The van der Waals surface area contributed by atoms with Crippen LogP contribution >= 0.6 is 11.6 Å². The zero-order valence-corrected chi connectivity index (χ0v) is 11.6. The number of amides is 1. The topological polar surface area (TPSA) is 69.6 Å². The van der Waals surface area contributed by atoms with Crippen LogP contribution in [-0.2, 0) is 9.59 Å². The van der Waals surface area contributed by atoms with Crippen molar-refractivity contribution in [2.45, 2.75) is 6.92 Å². The van der Waals surface area contributed by atoms with Gasteiger partial charge in [-0.3, -0.25) is 14.5 Å². The van der Waals surface area contributed by atoms with Gasteiger partial charge in [0.05, 0.1) is 12.5 Å². The molecule has 0 spiro atoms. The lowest BCUT2D eigenvalue weighted by atomic mass is 10.2. The molecule has 1 aromatic carbocycles. The normalized spacial score (nSPS) is 12.2. The summed E-state index contributed by atoms with van der Waals surface area (Å²) in [7, 11) is 1.71. The number of halogens is 1. The highest BCUT2D eigenvalue weighted by atomic mass is 35.5. The molecule has 0 bridgehead atoms. The van der Waals surface area contributed by atoms with Crippen LogP contribution in [0.25, 0.3) is 0 Å². The standard InChI is InChI=1S/C13H17ClN2O3/c1-9(13(18)19)7-16(2)8-12(17)15-11-5-3-4-10(14)6-11/h3-6,9H,7-8H2,1-2H3,(H,15,17)(H,18,19). The van der Waals surface area contributed by atoms with Gasteiger partial charge in [-0.05, 0) is 25.2 Å². The van der Waals surface area contributed by atoms with Gasteiger partial charge < -0.3 is 10.4 Å². The summed E-state index contributed by atoms with van der Waals surface area (Å²) in [5.74, 6) is -1.59. The molecular formula is C13H17ClN2O3. The molecular weight excluding hydrogens is 268 g/mol. The smallest absolute Gasteiger partial charge is 0.307 e. The van der Waals surface area contributed by atoms with Crippen molar-refractivity contribution in [3.63, 3.8) is 0 Å². The van der Waals surface area contributed by atoms with Crippen LogP contribution < -0.4 is 5.32 Å². The Hall–Kier alpha value is -1.59. The molecule has 1 rings (SSSR count). The van der Waals surface area contributed by atoms with Crippen molar-refractivity contribution in [3.05, 3.63) is 29.3 Å². The maximum absolute atomic E-state index is 11.7. The Kier molecular flexibility index (Phi) is 5.79. The van der Waals surface area contributed by atoms with E-state index in [1.807, 2.05) is 0 Å². The van der Waals surface area contributed by atoms with Gasteiger partial charge in [0.25, 0.3) is 0 Å². The lowest BCUT2D eigenvalue weighted by Crippen LogP contribution is -2.35. The zero-order valence-electron chi connectivity index (χ0n) is 10.9. The second kappa shape index (κ2) is 7.11. The molecule has 0 radical (unpaired) electrons. The molecule has 0 heterocycles. The van der Waals surface area contributed by atoms with Crippen LogP contribution in [0.2, 0.25) is 5.02 Å². The molecule has 19 heavy (non-hydrogen) atoms. The van der Waals surface area contributed by atoms with Gasteiger partial charge in [-0.15, -0.1) is 0 Å². The Morgan fingerprint density at radius 2 is 2.16 bits per heavy atom. The van der Waals surface area contributed by atoms with E-state index in [9.17, 15) is 9.59 Å². The maximum atomic E-state index is 11.7. The maximum Gasteiger partial charge on any atom is 0.307 e. The van der Waals surface area contributed by atoms with Crippen LogP contribution in [0.15, 0.2) is 24.3 Å². The molecule has 1 unspecified atom stereocenters. The molecule has 1 atom stereocenters. The highest BCUT2D eigenvalue weighted by Gasteiger charge is 2.15. The van der Waals surface area contributed by atoms with E-state index in [2.05, 4.69) is 5.32 Å². The fourth-order valence-corrected chi connectivity index (χ4v) is 1.81. The summed E-state index contributed by atoms with van der Waals surface area (Å²) in [5.41, 5.74) is 0.622. The summed E-state index contributed by atoms with van der Waals surface area (Å²) < 4.78 is 0. The minimum atomic E-state index is -0.873. The SMILES string of the molecule is CC(CN(C)CC(=O)Nc1cccc(Cl)c1)C(=O)O.